The highest BCUT2D eigenvalue weighted by Crippen LogP contribution is 2.47. The molecule has 0 radical (unpaired) electrons. The summed E-state index contributed by atoms with van der Waals surface area (Å²) < 4.78 is 49.6. The molecular weight excluding hydrogens is 446 g/mol. The maximum Gasteiger partial charge on any atom is 0.316 e. The molecule has 3 unspecified atom stereocenters. The van der Waals surface area contributed by atoms with Crippen LogP contribution in [0.1, 0.15) is 67.5 Å². The first-order chi connectivity index (χ1) is 15.9. The van der Waals surface area contributed by atoms with E-state index in [1.54, 1.807) is 0 Å². The normalized spacial score (nSPS) is 28.7. The van der Waals surface area contributed by atoms with Gasteiger partial charge in [-0.2, -0.15) is 8.78 Å². The van der Waals surface area contributed by atoms with Crippen LogP contribution in [0.5, 0.6) is 0 Å². The lowest BCUT2D eigenvalue weighted by atomic mass is 9.72. The highest BCUT2D eigenvalue weighted by Gasteiger charge is 2.45. The van der Waals surface area contributed by atoms with Gasteiger partial charge >= 0.3 is 5.76 Å². The Balaban J connectivity index is 1.43. The van der Waals surface area contributed by atoms with Gasteiger partial charge in [0.2, 0.25) is 0 Å². The summed E-state index contributed by atoms with van der Waals surface area (Å²) in [6, 6.07) is 16.0. The van der Waals surface area contributed by atoms with E-state index < -0.39 is 16.6 Å². The number of carbonyl (C=O) groups excluding carboxylic acids is 1. The molecule has 1 aliphatic carbocycles. The minimum absolute atomic E-state index is 0.0102. The molecule has 4 nitrogen and oxygen atoms in total. The molecular formula is C26H30F2O4S. The Morgan fingerprint density at radius 1 is 1.12 bits per heavy atom. The summed E-state index contributed by atoms with van der Waals surface area (Å²) >= 11 is 0. The molecule has 1 saturated heterocycles. The molecule has 2 aromatic rings. The molecule has 0 aromatic heterocycles. The fraction of sp³-hybridized carbons (Fsp3) is 0.500. The molecule has 2 aliphatic rings. The van der Waals surface area contributed by atoms with Crippen LogP contribution in [0.25, 0.3) is 0 Å². The molecule has 0 N–H and O–H groups in total. The van der Waals surface area contributed by atoms with Crippen molar-refractivity contribution in [2.45, 2.75) is 73.9 Å². The molecule has 178 valence electrons. The third-order valence-electron chi connectivity index (χ3n) is 6.84. The van der Waals surface area contributed by atoms with Crippen molar-refractivity contribution in [1.29, 1.82) is 0 Å². The monoisotopic (exact) mass is 476 g/mol. The second-order valence-electron chi connectivity index (χ2n) is 8.94. The van der Waals surface area contributed by atoms with E-state index in [-0.39, 0.29) is 34.4 Å². The minimum atomic E-state index is -2.93. The van der Waals surface area contributed by atoms with Gasteiger partial charge in [0.05, 0.1) is 17.8 Å². The number of carbonyl (C=O) groups is 1. The highest BCUT2D eigenvalue weighted by atomic mass is 32.2. The van der Waals surface area contributed by atoms with E-state index in [0.717, 1.165) is 31.2 Å². The Morgan fingerprint density at radius 3 is 2.39 bits per heavy atom. The largest absolute Gasteiger partial charge is 0.378 e. The fourth-order valence-electron chi connectivity index (χ4n) is 5.19. The first-order valence-corrected chi connectivity index (χ1v) is 12.8. The van der Waals surface area contributed by atoms with E-state index in [0.29, 0.717) is 25.0 Å². The molecule has 1 spiro atoms. The van der Waals surface area contributed by atoms with Crippen LogP contribution in [0.15, 0.2) is 59.5 Å². The van der Waals surface area contributed by atoms with Gasteiger partial charge in [-0.25, -0.2) is 4.21 Å². The van der Waals surface area contributed by atoms with E-state index in [1.807, 2.05) is 25.1 Å². The maximum absolute atomic E-state index is 13.0. The Morgan fingerprint density at radius 2 is 1.79 bits per heavy atom. The third-order valence-corrected chi connectivity index (χ3v) is 7.90. The Hall–Kier alpha value is -1.96. The molecule has 33 heavy (non-hydrogen) atoms. The highest BCUT2D eigenvalue weighted by molar-refractivity contribution is 7.85. The molecule has 1 saturated carbocycles. The summed E-state index contributed by atoms with van der Waals surface area (Å²) in [7, 11) is -2.37. The molecule has 1 heterocycles. The van der Waals surface area contributed by atoms with Crippen LogP contribution < -0.4 is 0 Å². The van der Waals surface area contributed by atoms with Gasteiger partial charge in [0.25, 0.3) is 0 Å². The van der Waals surface area contributed by atoms with Crippen molar-refractivity contribution in [1.82, 2.24) is 0 Å². The predicted octanol–water partition coefficient (Wildman–Crippen LogP) is 6.09. The van der Waals surface area contributed by atoms with Crippen LogP contribution in [0.4, 0.5) is 8.78 Å². The van der Waals surface area contributed by atoms with Crippen LogP contribution in [0.3, 0.4) is 0 Å². The summed E-state index contributed by atoms with van der Waals surface area (Å²) in [5.41, 5.74) is 1.33. The van der Waals surface area contributed by atoms with Gasteiger partial charge in [-0.05, 0) is 50.3 Å². The van der Waals surface area contributed by atoms with Crippen LogP contribution in [-0.4, -0.2) is 34.1 Å². The Labute approximate surface area is 196 Å². The summed E-state index contributed by atoms with van der Waals surface area (Å²) in [6.45, 7) is 2.67. The van der Waals surface area contributed by atoms with Gasteiger partial charge < -0.3 is 9.47 Å². The first kappa shape index (κ1) is 24.2. The average molecular weight is 477 g/mol. The van der Waals surface area contributed by atoms with E-state index in [1.165, 1.54) is 24.3 Å². The second-order valence-corrected chi connectivity index (χ2v) is 10.4. The Kier molecular flexibility index (Phi) is 7.72. The lowest BCUT2D eigenvalue weighted by Gasteiger charge is -2.48. The van der Waals surface area contributed by atoms with Crippen molar-refractivity contribution >= 4 is 16.6 Å². The summed E-state index contributed by atoms with van der Waals surface area (Å²) in [4.78, 5) is 13.1. The van der Waals surface area contributed by atoms with Gasteiger partial charge in [-0.15, -0.1) is 0 Å². The molecule has 0 amide bonds. The average Bonchev–Trinajstić information content (AvgIpc) is 2.84. The number of benzene rings is 2. The predicted molar refractivity (Wildman–Crippen MR) is 123 cm³/mol. The van der Waals surface area contributed by atoms with Crippen molar-refractivity contribution in [3.63, 3.8) is 0 Å². The van der Waals surface area contributed by atoms with E-state index in [2.05, 4.69) is 12.1 Å². The van der Waals surface area contributed by atoms with E-state index in [4.69, 9.17) is 9.47 Å². The quantitative estimate of drug-likeness (QED) is 0.454. The van der Waals surface area contributed by atoms with Crippen molar-refractivity contribution in [3.05, 3.63) is 65.7 Å². The van der Waals surface area contributed by atoms with Gasteiger partial charge in [0.1, 0.15) is 10.8 Å². The fourth-order valence-corrected chi connectivity index (χ4v) is 5.80. The number of ketones is 1. The zero-order chi connectivity index (χ0) is 23.4. The zero-order valence-electron chi connectivity index (χ0n) is 18.8. The number of halogens is 2. The first-order valence-electron chi connectivity index (χ1n) is 11.6. The number of alkyl halides is 2. The van der Waals surface area contributed by atoms with Gasteiger partial charge in [-0.3, -0.25) is 4.79 Å². The van der Waals surface area contributed by atoms with E-state index in [9.17, 15) is 17.8 Å². The number of hydrogen-bond acceptors (Lipinski definition) is 4. The molecule has 2 aromatic carbocycles. The maximum atomic E-state index is 13.0. The SMILES string of the molecule is CCOC1CC(c2ccccc2)OC2(CCC(C(=O)c3ccc(S(=O)C(F)F)cc3)CC2)C1. The molecule has 4 rings (SSSR count). The van der Waals surface area contributed by atoms with Crippen LogP contribution in [0, 0.1) is 5.92 Å². The number of rotatable bonds is 7. The number of ether oxygens (including phenoxy) is 2. The van der Waals surface area contributed by atoms with E-state index >= 15 is 0 Å². The van der Waals surface area contributed by atoms with Crippen LogP contribution in [0.2, 0.25) is 0 Å². The van der Waals surface area contributed by atoms with Crippen molar-refractivity contribution in [2.24, 2.45) is 5.92 Å². The minimum Gasteiger partial charge on any atom is -0.378 e. The number of Topliss-reactive ketones (excluding diaryl/α,β-unsaturated/α-hetero) is 1. The van der Waals surface area contributed by atoms with Gasteiger partial charge in [0, 0.05) is 35.8 Å². The standard InChI is InChI=1S/C26H30F2O4S/c1-2-31-21-16-23(18-6-4-3-5-7-18)32-26(17-21)14-12-20(13-15-26)24(29)19-8-10-22(11-9-19)33(30)25(27)28/h3-11,20-21,23,25H,2,12-17H2,1H3. The summed E-state index contributed by atoms with van der Waals surface area (Å²) in [6.07, 6.45) is 4.76. The van der Waals surface area contributed by atoms with Crippen molar-refractivity contribution < 1.29 is 27.3 Å². The molecule has 0 bridgehead atoms. The summed E-state index contributed by atoms with van der Waals surface area (Å²) in [5.74, 6) is -3.05. The molecule has 3 atom stereocenters. The van der Waals surface area contributed by atoms with Crippen LogP contribution >= 0.6 is 0 Å². The summed E-state index contributed by atoms with van der Waals surface area (Å²) in [5, 5.41) is 0. The van der Waals surface area contributed by atoms with Crippen molar-refractivity contribution in [3.8, 4) is 0 Å². The van der Waals surface area contributed by atoms with Gasteiger partial charge in [0.15, 0.2) is 5.78 Å². The van der Waals surface area contributed by atoms with Crippen LogP contribution in [-0.2, 0) is 20.3 Å². The smallest absolute Gasteiger partial charge is 0.316 e. The lowest BCUT2D eigenvalue weighted by molar-refractivity contribution is -0.189. The molecule has 7 heteroatoms. The van der Waals surface area contributed by atoms with Gasteiger partial charge in [-0.1, -0.05) is 42.5 Å². The molecule has 1 aliphatic heterocycles. The van der Waals surface area contributed by atoms with Crippen molar-refractivity contribution in [2.75, 3.05) is 6.61 Å². The number of hydrogen-bond donors (Lipinski definition) is 0. The lowest BCUT2D eigenvalue weighted by Crippen LogP contribution is -2.47. The molecule has 2 fully saturated rings. The Bertz CT molecular complexity index is 956. The third kappa shape index (κ3) is 5.58. The second kappa shape index (κ2) is 10.5. The topological polar surface area (TPSA) is 52.6 Å². The zero-order valence-corrected chi connectivity index (χ0v) is 19.6.